The molecule has 0 fully saturated rings. The van der Waals surface area contributed by atoms with Gasteiger partial charge in [0.15, 0.2) is 5.78 Å². The highest BCUT2D eigenvalue weighted by atomic mass is 32.1. The van der Waals surface area contributed by atoms with Gasteiger partial charge in [-0.3, -0.25) is 4.79 Å². The number of hydrogen-bond acceptors (Lipinski definition) is 4. The van der Waals surface area contributed by atoms with Crippen molar-refractivity contribution in [3.63, 3.8) is 0 Å². The summed E-state index contributed by atoms with van der Waals surface area (Å²) in [5.74, 6) is 0.780. The van der Waals surface area contributed by atoms with E-state index < -0.39 is 0 Å². The number of nitrogens with zero attached hydrogens (tertiary/aromatic N) is 1. The summed E-state index contributed by atoms with van der Waals surface area (Å²) in [6.45, 7) is 5.62. The number of rotatable bonds is 3. The largest absolute Gasteiger partial charge is 0.496 e. The Kier molecular flexibility index (Phi) is 3.48. The summed E-state index contributed by atoms with van der Waals surface area (Å²) in [4.78, 5) is 15.6. The Morgan fingerprint density at radius 2 is 1.94 bits per heavy atom. The van der Waals surface area contributed by atoms with Crippen LogP contribution in [0.25, 0.3) is 10.6 Å². The van der Waals surface area contributed by atoms with E-state index in [0.717, 1.165) is 16.3 Å². The fourth-order valence-corrected chi connectivity index (χ4v) is 2.56. The number of benzene rings is 1. The second-order valence-corrected chi connectivity index (χ2v) is 5.09. The topological polar surface area (TPSA) is 39.2 Å². The molecular formula is C14H15NO2S. The average Bonchev–Trinajstić information content (AvgIpc) is 2.81. The zero-order chi connectivity index (χ0) is 13.3. The van der Waals surface area contributed by atoms with Crippen LogP contribution >= 0.6 is 11.3 Å². The van der Waals surface area contributed by atoms with Gasteiger partial charge >= 0.3 is 0 Å². The lowest BCUT2D eigenvalue weighted by molar-refractivity contribution is 0.101. The van der Waals surface area contributed by atoms with Gasteiger partial charge in [0, 0.05) is 12.3 Å². The Morgan fingerprint density at radius 1 is 1.28 bits per heavy atom. The molecule has 0 amide bonds. The molecule has 3 nitrogen and oxygen atoms in total. The number of ether oxygens (including phenoxy) is 1. The number of Topliss-reactive ketones (excluding diaryl/α,β-unsaturated/α-hetero) is 1. The first-order chi connectivity index (χ1) is 8.52. The van der Waals surface area contributed by atoms with Gasteiger partial charge in [0.2, 0.25) is 0 Å². The lowest BCUT2D eigenvalue weighted by Gasteiger charge is -2.09. The molecule has 0 unspecified atom stereocenters. The van der Waals surface area contributed by atoms with Crippen LogP contribution in [0.4, 0.5) is 0 Å². The number of thiazole rings is 1. The van der Waals surface area contributed by atoms with Gasteiger partial charge in [-0.05, 0) is 37.1 Å². The van der Waals surface area contributed by atoms with Gasteiger partial charge in [-0.2, -0.15) is 0 Å². The van der Waals surface area contributed by atoms with Crippen molar-refractivity contribution >= 4 is 17.1 Å². The summed E-state index contributed by atoms with van der Waals surface area (Å²) in [5.41, 5.74) is 3.82. The van der Waals surface area contributed by atoms with E-state index in [1.54, 1.807) is 12.5 Å². The minimum Gasteiger partial charge on any atom is -0.496 e. The van der Waals surface area contributed by atoms with Crippen LogP contribution in [0.5, 0.6) is 5.75 Å². The summed E-state index contributed by atoms with van der Waals surface area (Å²) >= 11 is 1.46. The Bertz CT molecular complexity index is 602. The van der Waals surface area contributed by atoms with Crippen molar-refractivity contribution in [1.82, 2.24) is 4.98 Å². The fourth-order valence-electron chi connectivity index (χ4n) is 1.68. The van der Waals surface area contributed by atoms with E-state index in [4.69, 9.17) is 4.74 Å². The number of ketones is 1. The van der Waals surface area contributed by atoms with Crippen LogP contribution in [0.2, 0.25) is 0 Å². The van der Waals surface area contributed by atoms with Crippen LogP contribution < -0.4 is 4.74 Å². The Balaban J connectivity index is 2.55. The molecule has 2 rings (SSSR count). The quantitative estimate of drug-likeness (QED) is 0.792. The SMILES string of the molecule is COc1cc(C)c(C)cc1-c1nc(C(C)=O)cs1. The van der Waals surface area contributed by atoms with E-state index in [-0.39, 0.29) is 5.78 Å². The summed E-state index contributed by atoms with van der Waals surface area (Å²) in [7, 11) is 1.65. The molecule has 0 bridgehead atoms. The molecule has 0 aliphatic carbocycles. The number of hydrogen-bond donors (Lipinski definition) is 0. The molecule has 1 heterocycles. The third kappa shape index (κ3) is 2.29. The Hall–Kier alpha value is -1.68. The van der Waals surface area contributed by atoms with E-state index >= 15 is 0 Å². The molecule has 18 heavy (non-hydrogen) atoms. The number of aryl methyl sites for hydroxylation is 2. The van der Waals surface area contributed by atoms with Crippen molar-refractivity contribution in [3.8, 4) is 16.3 Å². The summed E-state index contributed by atoms with van der Waals surface area (Å²) < 4.78 is 5.39. The maximum absolute atomic E-state index is 11.3. The van der Waals surface area contributed by atoms with Crippen molar-refractivity contribution in [3.05, 3.63) is 34.3 Å². The smallest absolute Gasteiger partial charge is 0.178 e. The van der Waals surface area contributed by atoms with E-state index in [0.29, 0.717) is 5.69 Å². The molecule has 0 saturated heterocycles. The standard InChI is InChI=1S/C14H15NO2S/c1-8-5-11(13(17-4)6-9(8)2)14-15-12(7-18-14)10(3)16/h5-7H,1-4H3. The molecule has 0 aliphatic rings. The van der Waals surface area contributed by atoms with E-state index in [1.807, 2.05) is 13.0 Å². The highest BCUT2D eigenvalue weighted by Gasteiger charge is 2.13. The predicted molar refractivity (Wildman–Crippen MR) is 73.6 cm³/mol. The van der Waals surface area contributed by atoms with Gasteiger partial charge in [0.25, 0.3) is 0 Å². The van der Waals surface area contributed by atoms with Crippen LogP contribution in [0.3, 0.4) is 0 Å². The second kappa shape index (κ2) is 4.90. The van der Waals surface area contributed by atoms with E-state index in [1.165, 1.54) is 29.4 Å². The van der Waals surface area contributed by atoms with Crippen molar-refractivity contribution in [2.75, 3.05) is 7.11 Å². The lowest BCUT2D eigenvalue weighted by atomic mass is 10.1. The summed E-state index contributed by atoms with van der Waals surface area (Å²) in [6, 6.07) is 4.05. The monoisotopic (exact) mass is 261 g/mol. The third-order valence-electron chi connectivity index (χ3n) is 2.91. The molecule has 0 N–H and O–H groups in total. The van der Waals surface area contributed by atoms with Gasteiger partial charge < -0.3 is 4.74 Å². The average molecular weight is 261 g/mol. The highest BCUT2D eigenvalue weighted by Crippen LogP contribution is 2.34. The number of aromatic nitrogens is 1. The van der Waals surface area contributed by atoms with Crippen LogP contribution in [0.15, 0.2) is 17.5 Å². The highest BCUT2D eigenvalue weighted by molar-refractivity contribution is 7.13. The zero-order valence-corrected chi connectivity index (χ0v) is 11.7. The van der Waals surface area contributed by atoms with Crippen molar-refractivity contribution in [1.29, 1.82) is 0 Å². The molecule has 1 aromatic carbocycles. The fraction of sp³-hybridized carbons (Fsp3) is 0.286. The summed E-state index contributed by atoms with van der Waals surface area (Å²) in [5, 5.41) is 2.60. The molecule has 0 atom stereocenters. The minimum atomic E-state index is -0.0136. The normalized spacial score (nSPS) is 10.4. The van der Waals surface area contributed by atoms with E-state index in [9.17, 15) is 4.79 Å². The van der Waals surface area contributed by atoms with Gasteiger partial charge in [-0.25, -0.2) is 4.98 Å². The van der Waals surface area contributed by atoms with Crippen LogP contribution in [-0.2, 0) is 0 Å². The predicted octanol–water partition coefficient (Wildman–Crippen LogP) is 3.64. The maximum atomic E-state index is 11.3. The van der Waals surface area contributed by atoms with Crippen LogP contribution in [0, 0.1) is 13.8 Å². The van der Waals surface area contributed by atoms with Crippen molar-refractivity contribution < 1.29 is 9.53 Å². The summed E-state index contributed by atoms with van der Waals surface area (Å²) in [6.07, 6.45) is 0. The number of methoxy groups -OCH3 is 1. The zero-order valence-electron chi connectivity index (χ0n) is 10.9. The van der Waals surface area contributed by atoms with Gasteiger partial charge in [-0.15, -0.1) is 11.3 Å². The third-order valence-corrected chi connectivity index (χ3v) is 3.79. The van der Waals surface area contributed by atoms with Crippen LogP contribution in [-0.4, -0.2) is 17.9 Å². The minimum absolute atomic E-state index is 0.0136. The van der Waals surface area contributed by atoms with E-state index in [2.05, 4.69) is 18.0 Å². The molecular weight excluding hydrogens is 246 g/mol. The lowest BCUT2D eigenvalue weighted by Crippen LogP contribution is -1.94. The number of carbonyl (C=O) groups is 1. The van der Waals surface area contributed by atoms with Gasteiger partial charge in [0.1, 0.15) is 16.5 Å². The molecule has 2 aromatic rings. The maximum Gasteiger partial charge on any atom is 0.178 e. The molecule has 0 aliphatic heterocycles. The van der Waals surface area contributed by atoms with Crippen molar-refractivity contribution in [2.24, 2.45) is 0 Å². The second-order valence-electron chi connectivity index (χ2n) is 4.23. The molecule has 0 saturated carbocycles. The van der Waals surface area contributed by atoms with Gasteiger partial charge in [-0.1, -0.05) is 0 Å². The Labute approximate surface area is 110 Å². The molecule has 0 spiro atoms. The molecule has 94 valence electrons. The molecule has 4 heteroatoms. The number of carbonyl (C=O) groups excluding carboxylic acids is 1. The van der Waals surface area contributed by atoms with Gasteiger partial charge in [0.05, 0.1) is 12.7 Å². The Morgan fingerprint density at radius 3 is 2.50 bits per heavy atom. The molecule has 0 radical (unpaired) electrons. The first kappa shape index (κ1) is 12.8. The first-order valence-corrected chi connectivity index (χ1v) is 6.53. The first-order valence-electron chi connectivity index (χ1n) is 5.65. The van der Waals surface area contributed by atoms with Crippen molar-refractivity contribution in [2.45, 2.75) is 20.8 Å². The molecule has 1 aromatic heterocycles. The van der Waals surface area contributed by atoms with Crippen LogP contribution in [0.1, 0.15) is 28.5 Å².